The Kier molecular flexibility index (Phi) is 11.0. The van der Waals surface area contributed by atoms with E-state index in [1.54, 1.807) is 18.4 Å². The molecule has 7 rings (SSSR count). The second-order valence-electron chi connectivity index (χ2n) is 18.3. The topological polar surface area (TPSA) is 145 Å². The largest absolute Gasteiger partial charge is 0.444 e. The molecule has 308 valence electrons. The third-order valence-corrected chi connectivity index (χ3v) is 14.0. The van der Waals surface area contributed by atoms with Crippen LogP contribution in [-0.2, 0) is 14.9 Å². The number of anilines is 1. The number of hydrogen-bond acceptors (Lipinski definition) is 11. The summed E-state index contributed by atoms with van der Waals surface area (Å²) in [5.74, 6) is 0.530. The lowest BCUT2D eigenvalue weighted by Gasteiger charge is -2.59. The van der Waals surface area contributed by atoms with Crippen LogP contribution in [0.2, 0.25) is 0 Å². The minimum Gasteiger partial charge on any atom is -0.444 e. The van der Waals surface area contributed by atoms with Crippen LogP contribution in [0.25, 0.3) is 0 Å². The molecule has 0 atom stereocenters. The lowest BCUT2D eigenvalue weighted by molar-refractivity contribution is -0.0855. The number of halogens is 1. The molecule has 5 fully saturated rings. The monoisotopic (exact) mass is 799 g/mol. The van der Waals surface area contributed by atoms with Crippen LogP contribution in [0, 0.1) is 22.6 Å². The van der Waals surface area contributed by atoms with Crippen molar-refractivity contribution in [3.8, 4) is 11.6 Å². The van der Waals surface area contributed by atoms with Crippen molar-refractivity contribution >= 4 is 28.0 Å². The Labute approximate surface area is 330 Å². The number of rotatable bonds is 10. The molecule has 5 aliphatic heterocycles. The van der Waals surface area contributed by atoms with Crippen LogP contribution < -0.4 is 9.64 Å². The van der Waals surface area contributed by atoms with Crippen LogP contribution in [0.3, 0.4) is 0 Å². The van der Waals surface area contributed by atoms with E-state index in [1.165, 1.54) is 24.5 Å². The van der Waals surface area contributed by atoms with E-state index >= 15 is 0 Å². The van der Waals surface area contributed by atoms with Crippen molar-refractivity contribution in [3.63, 3.8) is 0 Å². The fourth-order valence-corrected chi connectivity index (χ4v) is 11.1. The van der Waals surface area contributed by atoms with Crippen molar-refractivity contribution in [2.75, 3.05) is 76.9 Å². The van der Waals surface area contributed by atoms with Gasteiger partial charge in [-0.3, -0.25) is 4.79 Å². The van der Waals surface area contributed by atoms with Gasteiger partial charge in [-0.05, 0) is 111 Å². The number of benzene rings is 1. The molecule has 5 aliphatic rings. The molecule has 0 unspecified atom stereocenters. The van der Waals surface area contributed by atoms with E-state index in [1.807, 2.05) is 48.5 Å². The minimum atomic E-state index is -3.51. The Morgan fingerprint density at radius 1 is 0.929 bits per heavy atom. The maximum atomic E-state index is 14.4. The predicted octanol–water partition coefficient (Wildman–Crippen LogP) is 4.47. The number of nitrogens with zero attached hydrogens (tertiary/aromatic N) is 9. The van der Waals surface area contributed by atoms with Gasteiger partial charge in [0, 0.05) is 81.8 Å². The zero-order valence-electron chi connectivity index (χ0n) is 33.9. The summed E-state index contributed by atoms with van der Waals surface area (Å²) in [6, 6.07) is 3.75. The summed E-state index contributed by atoms with van der Waals surface area (Å²) >= 11 is 0. The first-order valence-electron chi connectivity index (χ1n) is 20.0. The van der Waals surface area contributed by atoms with Crippen LogP contribution in [-0.4, -0.2) is 149 Å². The standard InChI is InChI=1S/C39H58FN9O6S/c1-27(2)49(28(3)4)35(50)31-18-30(40)8-9-32(31)54-34-33(41-26-42-43-34)45-20-38(21-45)12-16-44(17-13-38)19-29-10-14-47(15-11-29)56(52,53)48-24-39(25-48)22-46(23-39)36(51)55-37(5,6)7/h8-9,18,26-29H,10-17,19-25H2,1-7H3. The van der Waals surface area contributed by atoms with Crippen LogP contribution in [0.15, 0.2) is 24.5 Å². The number of ether oxygens (including phenoxy) is 2. The molecule has 2 amide bonds. The molecule has 5 saturated heterocycles. The van der Waals surface area contributed by atoms with Gasteiger partial charge in [0.1, 0.15) is 23.5 Å². The molecule has 0 bridgehead atoms. The summed E-state index contributed by atoms with van der Waals surface area (Å²) < 4.78 is 56.2. The van der Waals surface area contributed by atoms with Crippen molar-refractivity contribution in [2.24, 2.45) is 16.7 Å². The molecule has 15 nitrogen and oxygen atoms in total. The molecule has 56 heavy (non-hydrogen) atoms. The lowest BCUT2D eigenvalue weighted by Crippen LogP contribution is -2.74. The SMILES string of the molecule is CC(C)N(C(=O)c1cc(F)ccc1Oc1nncnc1N1CC2(CCN(CC3CCN(S(=O)(=O)N4CC5(CN(C(=O)OC(C)(C)C)C5)C4)CC3)CC2)C1)C(C)C. The molecule has 1 aromatic heterocycles. The molecular formula is C39H58FN9O6S. The molecule has 1 aromatic carbocycles. The Hall–Kier alpha value is -3.67. The minimum absolute atomic E-state index is 0.0907. The second-order valence-corrected chi connectivity index (χ2v) is 20.3. The van der Waals surface area contributed by atoms with E-state index in [9.17, 15) is 22.4 Å². The van der Waals surface area contributed by atoms with Gasteiger partial charge in [-0.1, -0.05) is 0 Å². The first-order chi connectivity index (χ1) is 26.4. The molecular weight excluding hydrogens is 742 g/mol. The van der Waals surface area contributed by atoms with E-state index in [4.69, 9.17) is 9.47 Å². The fourth-order valence-electron chi connectivity index (χ4n) is 9.18. The highest BCUT2D eigenvalue weighted by molar-refractivity contribution is 7.86. The molecule has 0 N–H and O–H groups in total. The molecule has 6 heterocycles. The summed E-state index contributed by atoms with van der Waals surface area (Å²) in [4.78, 5) is 38.5. The van der Waals surface area contributed by atoms with E-state index in [2.05, 4.69) is 25.0 Å². The van der Waals surface area contributed by atoms with Gasteiger partial charge in [-0.25, -0.2) is 14.2 Å². The maximum Gasteiger partial charge on any atom is 0.410 e. The van der Waals surface area contributed by atoms with Crippen molar-refractivity contribution in [1.29, 1.82) is 0 Å². The highest BCUT2D eigenvalue weighted by Crippen LogP contribution is 2.45. The molecule has 0 aliphatic carbocycles. The molecule has 2 aromatic rings. The Bertz CT molecular complexity index is 1860. The normalized spacial score (nSPS) is 21.9. The number of likely N-dealkylation sites (tertiary alicyclic amines) is 2. The fraction of sp³-hybridized carbons (Fsp3) is 0.718. The summed E-state index contributed by atoms with van der Waals surface area (Å²) in [6.07, 6.45) is 4.83. The Morgan fingerprint density at radius 2 is 1.57 bits per heavy atom. The van der Waals surface area contributed by atoms with E-state index in [0.717, 1.165) is 58.4 Å². The van der Waals surface area contributed by atoms with Gasteiger partial charge in [-0.15, -0.1) is 10.2 Å². The Balaban J connectivity index is 0.863. The first-order valence-corrected chi connectivity index (χ1v) is 21.4. The summed E-state index contributed by atoms with van der Waals surface area (Å²) in [5, 5.41) is 8.18. The number of piperidine rings is 2. The maximum absolute atomic E-state index is 14.4. The van der Waals surface area contributed by atoms with Gasteiger partial charge in [0.15, 0.2) is 5.82 Å². The molecule has 17 heteroatoms. The van der Waals surface area contributed by atoms with Gasteiger partial charge in [-0.2, -0.15) is 17.0 Å². The van der Waals surface area contributed by atoms with E-state index in [-0.39, 0.29) is 52.1 Å². The zero-order valence-corrected chi connectivity index (χ0v) is 34.7. The van der Waals surface area contributed by atoms with E-state index in [0.29, 0.717) is 51.0 Å². The van der Waals surface area contributed by atoms with Gasteiger partial charge in [0.2, 0.25) is 0 Å². The number of carbonyl (C=O) groups is 2. The van der Waals surface area contributed by atoms with Crippen molar-refractivity contribution in [2.45, 2.75) is 91.8 Å². The van der Waals surface area contributed by atoms with Crippen molar-refractivity contribution < 1.29 is 31.9 Å². The third kappa shape index (κ3) is 8.32. The van der Waals surface area contributed by atoms with Crippen molar-refractivity contribution in [3.05, 3.63) is 35.9 Å². The highest BCUT2D eigenvalue weighted by atomic mass is 32.2. The number of hydrogen-bond donors (Lipinski definition) is 0. The highest BCUT2D eigenvalue weighted by Gasteiger charge is 2.58. The van der Waals surface area contributed by atoms with E-state index < -0.39 is 21.6 Å². The molecule has 0 saturated carbocycles. The molecule has 0 radical (unpaired) electrons. The Morgan fingerprint density at radius 3 is 2.18 bits per heavy atom. The van der Waals surface area contributed by atoms with Crippen LogP contribution in [0.5, 0.6) is 11.6 Å². The van der Waals surface area contributed by atoms with Crippen molar-refractivity contribution in [1.82, 2.24) is 38.5 Å². The second kappa shape index (κ2) is 15.3. The van der Waals surface area contributed by atoms with Gasteiger partial charge < -0.3 is 29.1 Å². The van der Waals surface area contributed by atoms with Gasteiger partial charge >= 0.3 is 6.09 Å². The average molecular weight is 800 g/mol. The quantitative estimate of drug-likeness (QED) is 0.336. The first kappa shape index (κ1) is 40.5. The van der Waals surface area contributed by atoms with Crippen LogP contribution in [0.4, 0.5) is 15.0 Å². The van der Waals surface area contributed by atoms with Crippen LogP contribution in [0.1, 0.15) is 84.5 Å². The number of aromatic nitrogens is 3. The smallest absolute Gasteiger partial charge is 0.410 e. The third-order valence-electron chi connectivity index (χ3n) is 12.0. The number of carbonyl (C=O) groups excluding carboxylic acids is 2. The summed E-state index contributed by atoms with van der Waals surface area (Å²) in [7, 11) is -3.51. The van der Waals surface area contributed by atoms with Crippen LogP contribution >= 0.6 is 0 Å². The lowest BCUT2D eigenvalue weighted by atomic mass is 9.72. The van der Waals surface area contributed by atoms with Gasteiger partial charge in [0.05, 0.1) is 5.56 Å². The summed E-state index contributed by atoms with van der Waals surface area (Å²) in [5.41, 5.74) is -0.424. The number of amides is 2. The zero-order chi connectivity index (χ0) is 40.2. The average Bonchev–Trinajstić information content (AvgIpc) is 3.06. The predicted molar refractivity (Wildman–Crippen MR) is 208 cm³/mol. The van der Waals surface area contributed by atoms with Gasteiger partial charge in [0.25, 0.3) is 22.0 Å². The molecule has 2 spiro atoms. The summed E-state index contributed by atoms with van der Waals surface area (Å²) in [6.45, 7) is 20.8.